The summed E-state index contributed by atoms with van der Waals surface area (Å²) in [6, 6.07) is 7.64. The number of rotatable bonds is 5. The minimum Gasteiger partial charge on any atom is -0.392 e. The van der Waals surface area contributed by atoms with Crippen LogP contribution in [0.15, 0.2) is 24.3 Å². The van der Waals surface area contributed by atoms with Crippen molar-refractivity contribution in [1.29, 1.82) is 0 Å². The average Bonchev–Trinajstić information content (AvgIpc) is 2.44. The lowest BCUT2D eigenvalue weighted by Gasteiger charge is -2.35. The first-order valence-electron chi connectivity index (χ1n) is 7.87. The van der Waals surface area contributed by atoms with Gasteiger partial charge in [-0.05, 0) is 38.5 Å². The molecule has 2 rings (SSSR count). The summed E-state index contributed by atoms with van der Waals surface area (Å²) in [5, 5.41) is 11.9. The number of hydrogen-bond acceptors (Lipinski definition) is 4. The summed E-state index contributed by atoms with van der Waals surface area (Å²) < 4.78 is 5.74. The van der Waals surface area contributed by atoms with Crippen LogP contribution in [0.4, 0.5) is 0 Å². The van der Waals surface area contributed by atoms with Crippen molar-refractivity contribution in [2.45, 2.75) is 45.6 Å². The number of nitrogens with zero attached hydrogens (tertiary/aromatic N) is 1. The van der Waals surface area contributed by atoms with Gasteiger partial charge in [0.05, 0.1) is 18.3 Å². The molecular formula is C17H26N2O3. The average molecular weight is 306 g/mol. The van der Waals surface area contributed by atoms with E-state index in [1.54, 1.807) is 6.92 Å². The number of aliphatic hydroxyl groups excluding tert-OH is 1. The van der Waals surface area contributed by atoms with E-state index < -0.39 is 6.10 Å². The molecule has 0 radical (unpaired) electrons. The van der Waals surface area contributed by atoms with E-state index in [2.05, 4.69) is 24.1 Å². The molecule has 1 aliphatic heterocycles. The minimum absolute atomic E-state index is 0.152. The molecule has 3 atom stereocenters. The Kier molecular flexibility index (Phi) is 5.94. The van der Waals surface area contributed by atoms with Crippen LogP contribution in [0.3, 0.4) is 0 Å². The molecule has 22 heavy (non-hydrogen) atoms. The van der Waals surface area contributed by atoms with Crippen molar-refractivity contribution < 1.29 is 14.6 Å². The van der Waals surface area contributed by atoms with Crippen LogP contribution in [0.2, 0.25) is 0 Å². The Labute approximate surface area is 132 Å². The standard InChI is InChI=1S/C17H26N2O3/c1-12(20)8-18-17(21)16-6-4-15(5-7-16)11-19-9-13(2)22-14(3)10-19/h4-7,12-14,20H,8-11H2,1-3H3,(H,18,21). The smallest absolute Gasteiger partial charge is 0.251 e. The van der Waals surface area contributed by atoms with E-state index in [4.69, 9.17) is 4.74 Å². The summed E-state index contributed by atoms with van der Waals surface area (Å²) in [6.45, 7) is 8.84. The van der Waals surface area contributed by atoms with Crippen LogP contribution < -0.4 is 5.32 Å². The Hall–Kier alpha value is -1.43. The maximum absolute atomic E-state index is 11.9. The summed E-state index contributed by atoms with van der Waals surface area (Å²) >= 11 is 0. The van der Waals surface area contributed by atoms with Gasteiger partial charge in [-0.3, -0.25) is 9.69 Å². The summed E-state index contributed by atoms with van der Waals surface area (Å²) in [4.78, 5) is 14.3. The Morgan fingerprint density at radius 3 is 2.45 bits per heavy atom. The van der Waals surface area contributed by atoms with Crippen molar-refractivity contribution in [3.8, 4) is 0 Å². The fourth-order valence-electron chi connectivity index (χ4n) is 2.78. The number of amides is 1. The van der Waals surface area contributed by atoms with E-state index >= 15 is 0 Å². The van der Waals surface area contributed by atoms with Gasteiger partial charge in [0.2, 0.25) is 0 Å². The number of carbonyl (C=O) groups is 1. The molecule has 3 unspecified atom stereocenters. The van der Waals surface area contributed by atoms with Crippen LogP contribution in [0.5, 0.6) is 0 Å². The largest absolute Gasteiger partial charge is 0.392 e. The van der Waals surface area contributed by atoms with Gasteiger partial charge in [-0.15, -0.1) is 0 Å². The molecule has 5 heteroatoms. The first-order valence-corrected chi connectivity index (χ1v) is 7.87. The molecule has 1 saturated heterocycles. The SMILES string of the molecule is CC(O)CNC(=O)c1ccc(CN2CC(C)OC(C)C2)cc1. The highest BCUT2D eigenvalue weighted by atomic mass is 16.5. The van der Waals surface area contributed by atoms with Crippen LogP contribution >= 0.6 is 0 Å². The van der Waals surface area contributed by atoms with Crippen LogP contribution in [-0.2, 0) is 11.3 Å². The van der Waals surface area contributed by atoms with Gasteiger partial charge >= 0.3 is 0 Å². The number of carbonyl (C=O) groups excluding carboxylic acids is 1. The molecule has 0 aromatic heterocycles. The second kappa shape index (κ2) is 7.72. The zero-order chi connectivity index (χ0) is 16.1. The van der Waals surface area contributed by atoms with E-state index in [0.29, 0.717) is 5.56 Å². The van der Waals surface area contributed by atoms with Crippen molar-refractivity contribution in [3.05, 3.63) is 35.4 Å². The summed E-state index contributed by atoms with van der Waals surface area (Å²) in [5.74, 6) is -0.152. The number of aliphatic hydroxyl groups is 1. The molecule has 1 aliphatic rings. The molecule has 0 aliphatic carbocycles. The fourth-order valence-corrected chi connectivity index (χ4v) is 2.78. The van der Waals surface area contributed by atoms with Gasteiger partial charge in [0, 0.05) is 31.7 Å². The molecule has 0 spiro atoms. The van der Waals surface area contributed by atoms with Crippen molar-refractivity contribution in [3.63, 3.8) is 0 Å². The van der Waals surface area contributed by atoms with E-state index in [9.17, 15) is 9.90 Å². The summed E-state index contributed by atoms with van der Waals surface area (Å²) in [6.07, 6.45) is -0.0166. The third-order valence-electron chi connectivity index (χ3n) is 3.68. The molecule has 122 valence electrons. The Balaban J connectivity index is 1.90. The second-order valence-electron chi connectivity index (χ2n) is 6.21. The molecule has 1 aromatic carbocycles. The van der Waals surface area contributed by atoms with Gasteiger partial charge in [0.15, 0.2) is 0 Å². The van der Waals surface area contributed by atoms with Gasteiger partial charge < -0.3 is 15.2 Å². The van der Waals surface area contributed by atoms with Crippen LogP contribution in [0.1, 0.15) is 36.7 Å². The number of hydrogen-bond donors (Lipinski definition) is 2. The van der Waals surface area contributed by atoms with E-state index in [-0.39, 0.29) is 24.7 Å². The van der Waals surface area contributed by atoms with Gasteiger partial charge in [-0.25, -0.2) is 0 Å². The molecule has 1 heterocycles. The quantitative estimate of drug-likeness (QED) is 0.863. The molecule has 0 bridgehead atoms. The zero-order valence-corrected chi connectivity index (χ0v) is 13.6. The molecule has 0 saturated carbocycles. The number of nitrogens with one attached hydrogen (secondary N) is 1. The van der Waals surface area contributed by atoms with Crippen molar-refractivity contribution in [1.82, 2.24) is 10.2 Å². The Morgan fingerprint density at radius 2 is 1.91 bits per heavy atom. The minimum atomic E-state index is -0.534. The lowest BCUT2D eigenvalue weighted by Crippen LogP contribution is -2.44. The van der Waals surface area contributed by atoms with Crippen LogP contribution in [-0.4, -0.2) is 53.9 Å². The first kappa shape index (κ1) is 16.9. The number of benzene rings is 1. The van der Waals surface area contributed by atoms with E-state index in [1.807, 2.05) is 24.3 Å². The van der Waals surface area contributed by atoms with E-state index in [0.717, 1.165) is 19.6 Å². The predicted molar refractivity (Wildman–Crippen MR) is 85.7 cm³/mol. The van der Waals surface area contributed by atoms with Gasteiger partial charge in [0.1, 0.15) is 0 Å². The third-order valence-corrected chi connectivity index (χ3v) is 3.68. The lowest BCUT2D eigenvalue weighted by atomic mass is 10.1. The predicted octanol–water partition coefficient (Wildman–Crippen LogP) is 1.41. The molecule has 5 nitrogen and oxygen atoms in total. The Bertz CT molecular complexity index is 477. The van der Waals surface area contributed by atoms with Gasteiger partial charge in [-0.1, -0.05) is 12.1 Å². The highest BCUT2D eigenvalue weighted by molar-refractivity contribution is 5.94. The molecule has 2 N–H and O–H groups in total. The second-order valence-corrected chi connectivity index (χ2v) is 6.21. The van der Waals surface area contributed by atoms with Crippen molar-refractivity contribution in [2.24, 2.45) is 0 Å². The summed E-state index contributed by atoms with van der Waals surface area (Å²) in [5.41, 5.74) is 1.81. The maximum atomic E-state index is 11.9. The third kappa shape index (κ3) is 5.09. The maximum Gasteiger partial charge on any atom is 0.251 e. The van der Waals surface area contributed by atoms with Gasteiger partial charge in [0.25, 0.3) is 5.91 Å². The van der Waals surface area contributed by atoms with Crippen LogP contribution in [0, 0.1) is 0 Å². The number of ether oxygens (including phenoxy) is 1. The van der Waals surface area contributed by atoms with Crippen molar-refractivity contribution in [2.75, 3.05) is 19.6 Å². The highest BCUT2D eigenvalue weighted by Gasteiger charge is 2.22. The van der Waals surface area contributed by atoms with Crippen LogP contribution in [0.25, 0.3) is 0 Å². The van der Waals surface area contributed by atoms with E-state index in [1.165, 1.54) is 5.56 Å². The number of morpholine rings is 1. The lowest BCUT2D eigenvalue weighted by molar-refractivity contribution is -0.0704. The summed E-state index contributed by atoms with van der Waals surface area (Å²) in [7, 11) is 0. The van der Waals surface area contributed by atoms with Gasteiger partial charge in [-0.2, -0.15) is 0 Å². The normalized spacial score (nSPS) is 24.0. The molecule has 1 fully saturated rings. The highest BCUT2D eigenvalue weighted by Crippen LogP contribution is 2.14. The monoisotopic (exact) mass is 306 g/mol. The first-order chi connectivity index (χ1) is 10.4. The fraction of sp³-hybridized carbons (Fsp3) is 0.588. The molecular weight excluding hydrogens is 280 g/mol. The van der Waals surface area contributed by atoms with Crippen molar-refractivity contribution >= 4 is 5.91 Å². The topological polar surface area (TPSA) is 61.8 Å². The molecule has 1 amide bonds. The Morgan fingerprint density at radius 1 is 1.32 bits per heavy atom. The zero-order valence-electron chi connectivity index (χ0n) is 13.6. The molecule has 1 aromatic rings.